The van der Waals surface area contributed by atoms with E-state index >= 15 is 0 Å². The first-order valence-corrected chi connectivity index (χ1v) is 21.0. The second-order valence-electron chi connectivity index (χ2n) is 17.6. The van der Waals surface area contributed by atoms with Crippen LogP contribution in [-0.4, -0.2) is 111 Å². The van der Waals surface area contributed by atoms with Gasteiger partial charge in [-0.05, 0) is 153 Å². The van der Waals surface area contributed by atoms with Crippen LogP contribution in [0.4, 0.5) is 0 Å². The number of likely N-dealkylation sites (tertiary alicyclic amines) is 2. The van der Waals surface area contributed by atoms with Gasteiger partial charge in [0.25, 0.3) is 0 Å². The lowest BCUT2D eigenvalue weighted by Gasteiger charge is -2.32. The third-order valence-electron chi connectivity index (χ3n) is 10.7. The number of hydrogen-bond donors (Lipinski definition) is 1. The van der Waals surface area contributed by atoms with Gasteiger partial charge in [0.1, 0.15) is 0 Å². The van der Waals surface area contributed by atoms with Gasteiger partial charge in [-0.3, -0.25) is 0 Å². The van der Waals surface area contributed by atoms with Crippen LogP contribution in [-0.2, 0) is 0 Å². The SMILES string of the molecule is CC(C)CCN1CCC(C)CC1.CC(C)CCN1CCCCC1.CC(C)CCN1CCN(C)CC1.CC(C)CCNC1CCCCC1. The first kappa shape index (κ1) is 44.8. The van der Waals surface area contributed by atoms with Gasteiger partial charge >= 0.3 is 0 Å². The van der Waals surface area contributed by atoms with E-state index < -0.39 is 0 Å². The predicted octanol–water partition coefficient (Wildman–Crippen LogP) is 9.52. The molecule has 1 saturated carbocycles. The Kier molecular flexibility index (Phi) is 27.2. The standard InChI is InChI=1S/2C11H23N.C10H22N2.C10H21N/c1-10(2)4-7-12-8-5-11(3)6-9-12;1-10(2)8-9-12-11-6-4-3-5-7-11;1-10(2)4-5-12-8-6-11(3)7-9-12;1-10(2)6-9-11-7-4-3-5-8-11/h10-11H,4-9H2,1-3H3;10-12H,3-9H2,1-2H3;10H,4-9H2,1-3H3;10H,3-9H2,1-2H3. The van der Waals surface area contributed by atoms with Gasteiger partial charge < -0.3 is 24.9 Å². The molecule has 0 amide bonds. The molecule has 3 heterocycles. The van der Waals surface area contributed by atoms with E-state index in [2.05, 4.69) is 94.3 Å². The van der Waals surface area contributed by atoms with E-state index in [1.807, 2.05) is 0 Å². The van der Waals surface area contributed by atoms with Gasteiger partial charge in [0.15, 0.2) is 0 Å². The van der Waals surface area contributed by atoms with Crippen molar-refractivity contribution in [3.05, 3.63) is 0 Å². The van der Waals surface area contributed by atoms with E-state index in [9.17, 15) is 0 Å². The summed E-state index contributed by atoms with van der Waals surface area (Å²) in [5, 5.41) is 3.65. The third kappa shape index (κ3) is 27.2. The fourth-order valence-corrected chi connectivity index (χ4v) is 6.75. The van der Waals surface area contributed by atoms with Gasteiger partial charge in [-0.2, -0.15) is 0 Å². The summed E-state index contributed by atoms with van der Waals surface area (Å²) in [4.78, 5) is 10.2. The number of likely N-dealkylation sites (N-methyl/N-ethyl adjacent to an activating group) is 1. The molecule has 47 heavy (non-hydrogen) atoms. The molecule has 4 rings (SSSR count). The maximum Gasteiger partial charge on any atom is 0.0110 e. The van der Waals surface area contributed by atoms with E-state index in [0.717, 1.165) is 35.6 Å². The van der Waals surface area contributed by atoms with Gasteiger partial charge in [0.2, 0.25) is 0 Å². The lowest BCUT2D eigenvalue weighted by molar-refractivity contribution is 0.148. The highest BCUT2D eigenvalue weighted by molar-refractivity contribution is 4.72. The number of rotatable bonds is 13. The molecule has 3 aliphatic heterocycles. The summed E-state index contributed by atoms with van der Waals surface area (Å²) in [7, 11) is 2.21. The Labute approximate surface area is 297 Å². The van der Waals surface area contributed by atoms with Crippen LogP contribution in [0.2, 0.25) is 0 Å². The smallest absolute Gasteiger partial charge is 0.0110 e. The van der Waals surface area contributed by atoms with Crippen molar-refractivity contribution in [2.24, 2.45) is 29.6 Å². The van der Waals surface area contributed by atoms with Gasteiger partial charge in [0.05, 0.1) is 0 Å². The zero-order valence-electron chi connectivity index (χ0n) is 34.1. The fraction of sp³-hybridized carbons (Fsp3) is 1.00. The zero-order chi connectivity index (χ0) is 34.9. The van der Waals surface area contributed by atoms with Gasteiger partial charge in [-0.1, -0.05) is 88.0 Å². The summed E-state index contributed by atoms with van der Waals surface area (Å²) < 4.78 is 0. The van der Waals surface area contributed by atoms with Gasteiger partial charge in [-0.25, -0.2) is 0 Å². The van der Waals surface area contributed by atoms with Crippen LogP contribution >= 0.6 is 0 Å². The van der Waals surface area contributed by atoms with Gasteiger partial charge in [0, 0.05) is 32.2 Å². The van der Waals surface area contributed by atoms with Crippen LogP contribution in [0.15, 0.2) is 0 Å². The molecule has 4 fully saturated rings. The molecule has 5 nitrogen and oxygen atoms in total. The minimum Gasteiger partial charge on any atom is -0.314 e. The van der Waals surface area contributed by atoms with Crippen molar-refractivity contribution in [1.82, 2.24) is 24.9 Å². The summed E-state index contributed by atoms with van der Waals surface area (Å²) in [6, 6.07) is 0.845. The normalized spacial score (nSPS) is 21.3. The maximum absolute atomic E-state index is 3.65. The Morgan fingerprint density at radius 2 is 0.872 bits per heavy atom. The Morgan fingerprint density at radius 3 is 1.32 bits per heavy atom. The first-order chi connectivity index (χ1) is 22.4. The highest BCUT2D eigenvalue weighted by Gasteiger charge is 2.16. The lowest BCUT2D eigenvalue weighted by Crippen LogP contribution is -2.44. The van der Waals surface area contributed by atoms with Crippen molar-refractivity contribution in [3.63, 3.8) is 0 Å². The molecule has 0 unspecified atom stereocenters. The van der Waals surface area contributed by atoms with Crippen molar-refractivity contribution in [3.8, 4) is 0 Å². The molecule has 1 N–H and O–H groups in total. The van der Waals surface area contributed by atoms with Crippen LogP contribution in [0.1, 0.15) is 152 Å². The number of nitrogens with one attached hydrogen (secondary N) is 1. The average Bonchev–Trinajstić information content (AvgIpc) is 3.05. The second kappa shape index (κ2) is 28.5. The molecular formula is C42H89N5. The number of piperazine rings is 1. The van der Waals surface area contributed by atoms with Crippen LogP contribution < -0.4 is 5.32 Å². The molecule has 0 aromatic rings. The summed E-state index contributed by atoms with van der Waals surface area (Å²) in [5.74, 6) is 4.41. The van der Waals surface area contributed by atoms with Crippen molar-refractivity contribution in [1.29, 1.82) is 0 Å². The molecule has 0 radical (unpaired) electrons. The summed E-state index contributed by atoms with van der Waals surface area (Å²) in [5.41, 5.74) is 0. The van der Waals surface area contributed by atoms with Crippen LogP contribution in [0.3, 0.4) is 0 Å². The Balaban J connectivity index is 0.000000314. The molecule has 4 aliphatic rings. The zero-order valence-corrected chi connectivity index (χ0v) is 34.1. The largest absolute Gasteiger partial charge is 0.314 e. The van der Waals surface area contributed by atoms with Crippen LogP contribution in [0, 0.1) is 29.6 Å². The van der Waals surface area contributed by atoms with Crippen molar-refractivity contribution < 1.29 is 0 Å². The summed E-state index contributed by atoms with van der Waals surface area (Å²) in [6.45, 7) is 36.4. The average molecular weight is 664 g/mol. The number of hydrogen-bond acceptors (Lipinski definition) is 5. The second-order valence-corrected chi connectivity index (χ2v) is 17.6. The summed E-state index contributed by atoms with van der Waals surface area (Å²) >= 11 is 0. The van der Waals surface area contributed by atoms with E-state index in [1.165, 1.54) is 168 Å². The highest BCUT2D eigenvalue weighted by atomic mass is 15.2. The molecule has 1 aliphatic carbocycles. The van der Waals surface area contributed by atoms with E-state index in [0.29, 0.717) is 0 Å². The Hall–Kier alpha value is -0.200. The molecule has 282 valence electrons. The third-order valence-corrected chi connectivity index (χ3v) is 10.7. The molecule has 5 heteroatoms. The quantitative estimate of drug-likeness (QED) is 0.212. The molecule has 3 saturated heterocycles. The lowest BCUT2D eigenvalue weighted by atomic mass is 9.95. The van der Waals surface area contributed by atoms with E-state index in [1.54, 1.807) is 0 Å². The number of nitrogens with zero attached hydrogens (tertiary/aromatic N) is 4. The predicted molar refractivity (Wildman–Crippen MR) is 212 cm³/mol. The molecule has 0 spiro atoms. The monoisotopic (exact) mass is 664 g/mol. The molecular weight excluding hydrogens is 574 g/mol. The minimum atomic E-state index is 0.845. The van der Waals surface area contributed by atoms with Gasteiger partial charge in [-0.15, -0.1) is 0 Å². The van der Waals surface area contributed by atoms with E-state index in [4.69, 9.17) is 0 Å². The van der Waals surface area contributed by atoms with Crippen LogP contribution in [0.5, 0.6) is 0 Å². The van der Waals surface area contributed by atoms with Crippen LogP contribution in [0.25, 0.3) is 0 Å². The summed E-state index contributed by atoms with van der Waals surface area (Å²) in [6.07, 6.45) is 19.7. The minimum absolute atomic E-state index is 0.845. The molecule has 0 atom stereocenters. The topological polar surface area (TPSA) is 25.0 Å². The Bertz CT molecular complexity index is 622. The molecule has 0 aromatic heterocycles. The molecule has 0 aromatic carbocycles. The van der Waals surface area contributed by atoms with Crippen molar-refractivity contribution in [2.45, 2.75) is 158 Å². The fourth-order valence-electron chi connectivity index (χ4n) is 6.75. The van der Waals surface area contributed by atoms with Crippen molar-refractivity contribution in [2.75, 3.05) is 85.6 Å². The first-order valence-electron chi connectivity index (χ1n) is 21.0. The maximum atomic E-state index is 3.65. The van der Waals surface area contributed by atoms with Crippen molar-refractivity contribution >= 4 is 0 Å². The molecule has 0 bridgehead atoms. The van der Waals surface area contributed by atoms with E-state index in [-0.39, 0.29) is 0 Å². The Morgan fingerprint density at radius 1 is 0.468 bits per heavy atom. The number of piperidine rings is 2. The highest BCUT2D eigenvalue weighted by Crippen LogP contribution is 2.18.